The van der Waals surface area contributed by atoms with Crippen LogP contribution in [0.5, 0.6) is 0 Å². The number of carbonyl (C=O) groups excluding carboxylic acids is 11. The van der Waals surface area contributed by atoms with Gasteiger partial charge < -0.3 is 53.1 Å². The van der Waals surface area contributed by atoms with Crippen LogP contribution in [0.2, 0.25) is 0 Å². The molecule has 0 bridgehead atoms. The number of aromatic amines is 2. The summed E-state index contributed by atoms with van der Waals surface area (Å²) < 4.78 is 19.9. The van der Waals surface area contributed by atoms with Crippen molar-refractivity contribution in [2.45, 2.75) is 207 Å². The Morgan fingerprint density at radius 3 is 1.43 bits per heavy atom. The van der Waals surface area contributed by atoms with Crippen molar-refractivity contribution in [2.24, 2.45) is 35.4 Å². The number of carboxylic acid groups (broad SMARTS) is 1. The number of nitrogens with two attached hydrogens (primary N) is 2. The van der Waals surface area contributed by atoms with Crippen molar-refractivity contribution >= 4 is 73.1 Å². The molecule has 0 aliphatic carbocycles. The Morgan fingerprint density at radius 1 is 0.680 bits per heavy atom. The molecule has 3 saturated heterocycles. The molecular weight excluding hydrogens is 1600 g/mol. The third-order valence-electron chi connectivity index (χ3n) is 13.5. The van der Waals surface area contributed by atoms with E-state index in [0.717, 1.165) is 32.1 Å². The van der Waals surface area contributed by atoms with E-state index in [1.807, 2.05) is 138 Å². The normalized spacial score (nSPS) is 20.4. The number of nitrogens with one attached hydrogen (secondary N) is 2. The molecule has 5 aliphatic heterocycles. The van der Waals surface area contributed by atoms with E-state index in [1.54, 1.807) is 99.2 Å². The van der Waals surface area contributed by atoms with E-state index >= 15 is 0 Å². The Hall–Kier alpha value is -4.12. The van der Waals surface area contributed by atoms with Crippen LogP contribution in [-0.2, 0) is 219 Å². The van der Waals surface area contributed by atoms with Crippen molar-refractivity contribution in [1.29, 1.82) is 0 Å². The van der Waals surface area contributed by atoms with Crippen LogP contribution >= 0.6 is 0 Å². The van der Waals surface area contributed by atoms with Crippen molar-refractivity contribution in [2.75, 3.05) is 41.5 Å². The summed E-state index contributed by atoms with van der Waals surface area (Å²) in [4.78, 5) is 150. The third kappa shape index (κ3) is 40.8. The number of amides is 2. The Bertz CT molecular complexity index is 2860. The van der Waals surface area contributed by atoms with Crippen molar-refractivity contribution in [1.82, 2.24) is 39.6 Å². The maximum absolute atomic E-state index is 12.0. The van der Waals surface area contributed by atoms with E-state index < -0.39 is 58.3 Å². The summed E-state index contributed by atoms with van der Waals surface area (Å²) in [6, 6.07) is 0.348. The Kier molecular flexibility index (Phi) is 81.5. The molecule has 7 N–H and O–H groups in total. The molecule has 100 heavy (non-hydrogen) atoms. The zero-order chi connectivity index (χ0) is 77.0. The molecule has 9 atom stereocenters. The predicted octanol–water partition coefficient (Wildman–Crippen LogP) is 6.37. The van der Waals surface area contributed by atoms with Crippen molar-refractivity contribution < 1.29 is 212 Å². The number of fused-ring (bicyclic) bond motifs is 3. The SMILES string of the molecule is C=C/C=C(\C)[C-]=O.CC.CC.CC.CC.CC.CC1C(=O)N2N(CC=CC2(C)[C-]=O)C1C.CC1C(=O)N2N(CCCC2(C)[C-]=O)C1C.COC(=O)C(C)C(=O)O.COC(=O)C(C)C=O.COC(=O)CC(=O)OC.Cc1c[nH][nH]c1=O.Cc1cn2n(c1=O)C(C)([C-]=O)C=CC2.NN.[Y].[Y].[Y].[Y]. The van der Waals surface area contributed by atoms with Gasteiger partial charge in [-0.1, -0.05) is 142 Å². The fraction of sp³-hybridized carbons (Fsp3) is 0.612. The summed E-state index contributed by atoms with van der Waals surface area (Å²) in [7, 11) is 4.83. The second kappa shape index (κ2) is 68.0. The molecule has 2 aromatic rings. The molecular formula is C67H114N10O19Y4-4. The minimum absolute atomic E-state index is 0. The van der Waals surface area contributed by atoms with Crippen LogP contribution in [-0.4, -0.2) is 182 Å². The Morgan fingerprint density at radius 2 is 1.11 bits per heavy atom. The van der Waals surface area contributed by atoms with Gasteiger partial charge >= 0.3 is 29.8 Å². The number of aromatic nitrogens is 4. The monoisotopic (exact) mass is 1720 g/mol. The van der Waals surface area contributed by atoms with E-state index in [9.17, 15) is 67.1 Å². The maximum Gasteiger partial charge on any atom is 0.319 e. The molecule has 7 rings (SSSR count). The van der Waals surface area contributed by atoms with Crippen molar-refractivity contribution in [3.8, 4) is 0 Å². The smallest absolute Gasteiger partial charge is 0.319 e. The standard InChI is InChI=1S/C11H17N2O2.C11H15N2O2.C10H11N2O2.C6H7O.2C5H8O4.C5H8O3.C4H6N2O.5C2H6.H4N2.4Y/c2*1-8-9(2)12-6-4-5-11(3,7-14)13(12)10(8)15;1-8-6-11-5-3-4-10(2,7-13)12(11)9(8)14;1-3-4-6(2)5-7;1-8-4(6)3-5(7)9-2;1-3(4(6)7)5(8)9-2;1-4(3-6)5(7)8-2;1-3-2-5-6-4(3)7;6*1-2;;;;/h8-9H,4-6H2,1-3H3;4-5,8-9H,6H2,1-3H3;3-4,6H,5H2,1-2H3;3-4H,1H2,2H3;3H2,1-2H3;3H,1-2H3,(H,6,7);3-4H,1-2H3;2H,1H3,(H2,5,6,7);5*1-2H3;1-2H2;;;;/q4*-1;;;;;;;;;;;;;;/b;;;6-4+;;;;;;;;;;;;;;. The van der Waals surface area contributed by atoms with E-state index in [-0.39, 0.29) is 184 Å². The zero-order valence-corrected chi connectivity index (χ0v) is 75.4. The minimum Gasteiger partial charge on any atom is -0.540 e. The summed E-state index contributed by atoms with van der Waals surface area (Å²) in [6.45, 7) is 46.6. The maximum atomic E-state index is 12.0. The number of ether oxygens (including phenoxy) is 4. The largest absolute Gasteiger partial charge is 0.540 e. The van der Waals surface area contributed by atoms with Gasteiger partial charge in [-0.2, -0.15) is 11.6 Å². The van der Waals surface area contributed by atoms with Gasteiger partial charge in [0.2, 0.25) is 11.8 Å². The first kappa shape index (κ1) is 120. The number of carbonyl (C=O) groups is 8. The summed E-state index contributed by atoms with van der Waals surface area (Å²) in [5, 5.41) is 20.3. The van der Waals surface area contributed by atoms with E-state index in [0.29, 0.717) is 30.5 Å². The number of hydrogen-bond donors (Lipinski definition) is 5. The number of aryl methyl sites for hydroxylation is 2. The summed E-state index contributed by atoms with van der Waals surface area (Å²) in [5.41, 5.74) is -0.836. The van der Waals surface area contributed by atoms with Gasteiger partial charge in [-0.25, -0.2) is 35.0 Å². The first-order chi connectivity index (χ1) is 45.2. The fourth-order valence-corrected chi connectivity index (χ4v) is 7.97. The van der Waals surface area contributed by atoms with Crippen LogP contribution in [0.25, 0.3) is 0 Å². The first-order valence-electron chi connectivity index (χ1n) is 31.5. The molecule has 2 amide bonds. The number of esters is 4. The van der Waals surface area contributed by atoms with Crippen LogP contribution in [0.3, 0.4) is 0 Å². The number of nitrogens with zero attached hydrogens (tertiary/aromatic N) is 6. The molecule has 9 unspecified atom stereocenters. The molecule has 0 spiro atoms. The van der Waals surface area contributed by atoms with Crippen LogP contribution in [0, 0.1) is 37.5 Å². The van der Waals surface area contributed by atoms with Gasteiger partial charge in [-0.3, -0.25) is 79.3 Å². The molecule has 0 saturated carbocycles. The number of hydrogen-bond acceptors (Lipinski definition) is 22. The zero-order valence-electron chi connectivity index (χ0n) is 64.1. The molecule has 4 radical (unpaired) electrons. The average Bonchev–Trinajstić information content (AvgIpc) is 1.61. The number of hydrazine groups is 3. The predicted molar refractivity (Wildman–Crippen MR) is 368 cm³/mol. The van der Waals surface area contributed by atoms with Crippen molar-refractivity contribution in [3.63, 3.8) is 0 Å². The molecule has 29 nitrogen and oxygen atoms in total. The third-order valence-corrected chi connectivity index (χ3v) is 13.5. The second-order valence-corrected chi connectivity index (χ2v) is 20.0. The van der Waals surface area contributed by atoms with Crippen molar-refractivity contribution in [3.05, 3.63) is 92.8 Å². The van der Waals surface area contributed by atoms with Gasteiger partial charge in [-0.15, -0.1) is 6.58 Å². The van der Waals surface area contributed by atoms with Gasteiger partial charge in [0, 0.05) is 180 Å². The first-order valence-corrected chi connectivity index (χ1v) is 31.5. The Labute approximate surface area is 694 Å². The molecule has 0 aromatic carbocycles. The number of methoxy groups -OCH3 is 4. The number of aliphatic carboxylic acids is 1. The van der Waals surface area contributed by atoms with Gasteiger partial charge in [0.25, 0.3) is 11.1 Å². The number of carboxylic acids is 1. The Balaban J connectivity index is -0.0000000993. The van der Waals surface area contributed by atoms with Gasteiger partial charge in [0.1, 0.15) is 18.6 Å². The van der Waals surface area contributed by atoms with Gasteiger partial charge in [0.05, 0.1) is 46.8 Å². The number of rotatable bonds is 11. The molecule has 5 aliphatic rings. The average molecular weight is 1720 g/mol. The molecule has 33 heteroatoms. The van der Waals surface area contributed by atoms with Gasteiger partial charge in [0.15, 0.2) is 5.92 Å². The quantitative estimate of drug-likeness (QED) is 0.0156. The molecule has 562 valence electrons. The molecule has 3 fully saturated rings. The number of aldehydes is 1. The van der Waals surface area contributed by atoms with E-state index in [4.69, 9.17) is 5.11 Å². The second-order valence-electron chi connectivity index (χ2n) is 20.0. The van der Waals surface area contributed by atoms with Crippen LogP contribution < -0.4 is 22.8 Å². The topological polar surface area (TPSA) is 403 Å². The summed E-state index contributed by atoms with van der Waals surface area (Å²) >= 11 is 0. The van der Waals surface area contributed by atoms with Crippen LogP contribution in [0.4, 0.5) is 0 Å². The minimum atomic E-state index is -1.16. The van der Waals surface area contributed by atoms with Gasteiger partial charge in [-0.05, 0) is 70.9 Å². The fourth-order valence-electron chi connectivity index (χ4n) is 7.97. The number of allylic oxidation sites excluding steroid dienone is 5. The van der Waals surface area contributed by atoms with E-state index in [2.05, 4.69) is 47.4 Å². The number of H-pyrrole nitrogens is 2. The molecule has 2 aromatic heterocycles. The van der Waals surface area contributed by atoms with E-state index in [1.165, 1.54) is 39.9 Å². The molecule has 7 heterocycles. The summed E-state index contributed by atoms with van der Waals surface area (Å²) in [6.07, 6.45) is 23.3. The summed E-state index contributed by atoms with van der Waals surface area (Å²) in [5.74, 6) is 2.78. The van der Waals surface area contributed by atoms with Crippen LogP contribution in [0.1, 0.15) is 169 Å². The van der Waals surface area contributed by atoms with Crippen LogP contribution in [0.15, 0.2) is 70.6 Å².